The minimum atomic E-state index is 0.612. The molecule has 0 saturated heterocycles. The van der Waals surface area contributed by atoms with Crippen molar-refractivity contribution in [3.63, 3.8) is 0 Å². The average molecular weight is 242 g/mol. The third-order valence-corrected chi connectivity index (χ3v) is 3.55. The van der Waals surface area contributed by atoms with Crippen molar-refractivity contribution in [2.45, 2.75) is 32.2 Å². The second kappa shape index (κ2) is 4.80. The zero-order valence-electron chi connectivity index (χ0n) is 10.6. The number of rotatable bonds is 5. The number of nitrogens with zero attached hydrogens (tertiary/aromatic N) is 3. The number of hydrogen-bond donors (Lipinski definition) is 1. The van der Waals surface area contributed by atoms with Crippen LogP contribution in [0.5, 0.6) is 0 Å². The smallest absolute Gasteiger partial charge is 0.123 e. The van der Waals surface area contributed by atoms with Crippen molar-refractivity contribution >= 4 is 5.69 Å². The summed E-state index contributed by atoms with van der Waals surface area (Å²) in [5.74, 6) is 0.869. The Kier molecular flexibility index (Phi) is 3.00. The van der Waals surface area contributed by atoms with Crippen LogP contribution in [-0.2, 0) is 0 Å². The van der Waals surface area contributed by atoms with E-state index in [0.717, 1.165) is 11.6 Å². The van der Waals surface area contributed by atoms with Gasteiger partial charge in [-0.2, -0.15) is 0 Å². The lowest BCUT2D eigenvalue weighted by Gasteiger charge is -2.18. The normalized spacial score (nSPS) is 16.5. The summed E-state index contributed by atoms with van der Waals surface area (Å²) in [7, 11) is 0. The predicted molar refractivity (Wildman–Crippen MR) is 71.8 cm³/mol. The minimum absolute atomic E-state index is 0.612. The number of nitrogens with one attached hydrogen (secondary N) is 1. The molecule has 1 aromatic heterocycles. The van der Waals surface area contributed by atoms with E-state index < -0.39 is 0 Å². The van der Waals surface area contributed by atoms with Gasteiger partial charge in [0.25, 0.3) is 0 Å². The summed E-state index contributed by atoms with van der Waals surface area (Å²) in [4.78, 5) is 0. The van der Waals surface area contributed by atoms with Gasteiger partial charge >= 0.3 is 0 Å². The molecule has 0 bridgehead atoms. The Morgan fingerprint density at radius 2 is 2.11 bits per heavy atom. The molecule has 0 amide bonds. The van der Waals surface area contributed by atoms with Crippen molar-refractivity contribution in [3.8, 4) is 5.69 Å². The van der Waals surface area contributed by atoms with Gasteiger partial charge in [0.05, 0.1) is 5.69 Å². The van der Waals surface area contributed by atoms with Gasteiger partial charge < -0.3 is 5.32 Å². The quantitative estimate of drug-likeness (QED) is 0.876. The lowest BCUT2D eigenvalue weighted by Crippen LogP contribution is -2.20. The predicted octanol–water partition coefficient (Wildman–Crippen LogP) is 2.87. The molecule has 0 spiro atoms. The van der Waals surface area contributed by atoms with Crippen LogP contribution in [0.1, 0.15) is 26.2 Å². The van der Waals surface area contributed by atoms with E-state index in [-0.39, 0.29) is 0 Å². The molecule has 0 aliphatic heterocycles. The van der Waals surface area contributed by atoms with E-state index in [4.69, 9.17) is 0 Å². The van der Waals surface area contributed by atoms with E-state index in [1.54, 1.807) is 12.7 Å². The Morgan fingerprint density at radius 3 is 2.78 bits per heavy atom. The first-order valence-corrected chi connectivity index (χ1v) is 6.58. The lowest BCUT2D eigenvalue weighted by molar-refractivity contribution is 0.616. The van der Waals surface area contributed by atoms with Crippen LogP contribution < -0.4 is 5.32 Å². The van der Waals surface area contributed by atoms with E-state index in [9.17, 15) is 0 Å². The summed E-state index contributed by atoms with van der Waals surface area (Å²) < 4.78 is 1.92. The van der Waals surface area contributed by atoms with Gasteiger partial charge in [0.2, 0.25) is 0 Å². The van der Waals surface area contributed by atoms with Gasteiger partial charge in [-0.05, 0) is 43.4 Å². The molecule has 3 rings (SSSR count). The van der Waals surface area contributed by atoms with E-state index in [1.165, 1.54) is 24.9 Å². The molecule has 94 valence electrons. The van der Waals surface area contributed by atoms with Crippen LogP contribution in [0.25, 0.3) is 5.69 Å². The molecular weight excluding hydrogens is 224 g/mol. The minimum Gasteiger partial charge on any atom is -0.382 e. The topological polar surface area (TPSA) is 42.7 Å². The van der Waals surface area contributed by atoms with Crippen molar-refractivity contribution in [2.75, 3.05) is 5.32 Å². The van der Waals surface area contributed by atoms with Gasteiger partial charge in [-0.15, -0.1) is 10.2 Å². The molecule has 1 saturated carbocycles. The van der Waals surface area contributed by atoms with Crippen LogP contribution >= 0.6 is 0 Å². The summed E-state index contributed by atoms with van der Waals surface area (Å²) in [6.45, 7) is 2.25. The number of hydrogen-bond acceptors (Lipinski definition) is 3. The van der Waals surface area contributed by atoms with E-state index in [1.807, 2.05) is 4.57 Å². The number of aromatic nitrogens is 3. The molecule has 1 unspecified atom stereocenters. The molecule has 0 radical (unpaired) electrons. The van der Waals surface area contributed by atoms with Crippen molar-refractivity contribution < 1.29 is 0 Å². The fourth-order valence-electron chi connectivity index (χ4n) is 2.36. The Bertz CT molecular complexity index is 502. The monoisotopic (exact) mass is 242 g/mol. The first kappa shape index (κ1) is 11.3. The highest BCUT2D eigenvalue weighted by Crippen LogP contribution is 2.35. The summed E-state index contributed by atoms with van der Waals surface area (Å²) >= 11 is 0. The molecule has 1 aliphatic carbocycles. The first-order valence-electron chi connectivity index (χ1n) is 6.58. The first-order chi connectivity index (χ1) is 8.86. The number of benzene rings is 1. The van der Waals surface area contributed by atoms with Gasteiger partial charge in [0.1, 0.15) is 12.7 Å². The maximum absolute atomic E-state index is 3.84. The van der Waals surface area contributed by atoms with Crippen molar-refractivity contribution in [1.82, 2.24) is 14.8 Å². The molecule has 4 heteroatoms. The second-order valence-corrected chi connectivity index (χ2v) is 4.92. The third kappa shape index (κ3) is 2.37. The third-order valence-electron chi connectivity index (χ3n) is 3.55. The van der Waals surface area contributed by atoms with E-state index in [0.29, 0.717) is 6.04 Å². The van der Waals surface area contributed by atoms with Crippen LogP contribution in [-0.4, -0.2) is 20.8 Å². The Balaban J connectivity index is 1.78. The van der Waals surface area contributed by atoms with Crippen LogP contribution in [0.3, 0.4) is 0 Å². The highest BCUT2D eigenvalue weighted by molar-refractivity contribution is 5.51. The van der Waals surface area contributed by atoms with Gasteiger partial charge in [-0.1, -0.05) is 13.0 Å². The SMILES string of the molecule is CCC(Nc1cccc(-n2cnnc2)c1)C1CC1. The Morgan fingerprint density at radius 1 is 1.33 bits per heavy atom. The van der Waals surface area contributed by atoms with Gasteiger partial charge in [0, 0.05) is 11.7 Å². The Hall–Kier alpha value is -1.84. The summed E-state index contributed by atoms with van der Waals surface area (Å²) in [6, 6.07) is 9.01. The van der Waals surface area contributed by atoms with Gasteiger partial charge in [0.15, 0.2) is 0 Å². The van der Waals surface area contributed by atoms with Crippen molar-refractivity contribution in [1.29, 1.82) is 0 Å². The van der Waals surface area contributed by atoms with E-state index >= 15 is 0 Å². The van der Waals surface area contributed by atoms with Gasteiger partial charge in [-0.25, -0.2) is 0 Å². The molecule has 1 fully saturated rings. The summed E-state index contributed by atoms with van der Waals surface area (Å²) in [5.41, 5.74) is 2.27. The maximum atomic E-state index is 3.84. The highest BCUT2D eigenvalue weighted by Gasteiger charge is 2.29. The Labute approximate surface area is 107 Å². The standard InChI is InChI=1S/C14H18N4/c1-2-14(11-6-7-11)17-12-4-3-5-13(8-12)18-9-15-16-10-18/h3-5,8-11,14,17H,2,6-7H2,1H3. The molecule has 4 nitrogen and oxygen atoms in total. The van der Waals surface area contributed by atoms with E-state index in [2.05, 4.69) is 46.7 Å². The fraction of sp³-hybridized carbons (Fsp3) is 0.429. The van der Waals surface area contributed by atoms with Crippen LogP contribution in [0.15, 0.2) is 36.9 Å². The molecular formula is C14H18N4. The molecule has 1 atom stereocenters. The number of anilines is 1. The molecule has 1 aromatic carbocycles. The van der Waals surface area contributed by atoms with Crippen molar-refractivity contribution in [3.05, 3.63) is 36.9 Å². The molecule has 1 N–H and O–H groups in total. The molecule has 1 heterocycles. The largest absolute Gasteiger partial charge is 0.382 e. The van der Waals surface area contributed by atoms with Gasteiger partial charge in [-0.3, -0.25) is 4.57 Å². The second-order valence-electron chi connectivity index (χ2n) is 4.92. The van der Waals surface area contributed by atoms with Crippen LogP contribution in [0, 0.1) is 5.92 Å². The molecule has 2 aromatic rings. The summed E-state index contributed by atoms with van der Waals surface area (Å²) in [6.07, 6.45) is 7.36. The van der Waals surface area contributed by atoms with Crippen molar-refractivity contribution in [2.24, 2.45) is 5.92 Å². The fourth-order valence-corrected chi connectivity index (χ4v) is 2.36. The van der Waals surface area contributed by atoms with Crippen LogP contribution in [0.2, 0.25) is 0 Å². The molecule has 1 aliphatic rings. The average Bonchev–Trinajstić information content (AvgIpc) is 3.10. The maximum Gasteiger partial charge on any atom is 0.123 e. The highest BCUT2D eigenvalue weighted by atomic mass is 15.2. The zero-order chi connectivity index (χ0) is 12.4. The zero-order valence-corrected chi connectivity index (χ0v) is 10.6. The lowest BCUT2D eigenvalue weighted by atomic mass is 10.1. The molecule has 18 heavy (non-hydrogen) atoms. The van der Waals surface area contributed by atoms with Crippen LogP contribution in [0.4, 0.5) is 5.69 Å². The summed E-state index contributed by atoms with van der Waals surface area (Å²) in [5, 5.41) is 11.3.